The number of urea groups is 1. The molecule has 0 saturated carbocycles. The van der Waals surface area contributed by atoms with Gasteiger partial charge in [0.25, 0.3) is 0 Å². The summed E-state index contributed by atoms with van der Waals surface area (Å²) in [6, 6.07) is -0.278. The van der Waals surface area contributed by atoms with Crippen LogP contribution in [0.1, 0.15) is 19.0 Å². The number of carboxylic acids is 1. The molecule has 1 heterocycles. The number of carbonyl (C=O) groups is 2. The van der Waals surface area contributed by atoms with Gasteiger partial charge in [-0.3, -0.25) is 4.79 Å². The SMILES string of the molecule is CCCNC(=O)NCc1cn(CC(=O)O)nn1. The van der Waals surface area contributed by atoms with Crippen LogP contribution in [-0.4, -0.2) is 38.6 Å². The van der Waals surface area contributed by atoms with E-state index in [0.717, 1.165) is 6.42 Å². The Morgan fingerprint density at radius 3 is 2.88 bits per heavy atom. The van der Waals surface area contributed by atoms with E-state index in [1.807, 2.05) is 6.92 Å². The Morgan fingerprint density at radius 1 is 1.47 bits per heavy atom. The van der Waals surface area contributed by atoms with Crippen molar-refractivity contribution in [3.8, 4) is 0 Å². The molecule has 3 N–H and O–H groups in total. The van der Waals surface area contributed by atoms with Crippen molar-refractivity contribution in [3.63, 3.8) is 0 Å². The van der Waals surface area contributed by atoms with E-state index in [4.69, 9.17) is 5.11 Å². The van der Waals surface area contributed by atoms with Gasteiger partial charge in [-0.2, -0.15) is 0 Å². The molecule has 0 radical (unpaired) electrons. The molecule has 0 atom stereocenters. The fourth-order valence-electron chi connectivity index (χ4n) is 1.11. The third kappa shape index (κ3) is 4.96. The largest absolute Gasteiger partial charge is 0.480 e. The summed E-state index contributed by atoms with van der Waals surface area (Å²) < 4.78 is 1.20. The van der Waals surface area contributed by atoms with Crippen molar-refractivity contribution < 1.29 is 14.7 Å². The van der Waals surface area contributed by atoms with Gasteiger partial charge in [0, 0.05) is 6.54 Å². The predicted molar refractivity (Wildman–Crippen MR) is 58.2 cm³/mol. The van der Waals surface area contributed by atoms with Gasteiger partial charge < -0.3 is 15.7 Å². The Morgan fingerprint density at radius 2 is 2.24 bits per heavy atom. The monoisotopic (exact) mass is 241 g/mol. The van der Waals surface area contributed by atoms with E-state index in [2.05, 4.69) is 20.9 Å². The fraction of sp³-hybridized carbons (Fsp3) is 0.556. The van der Waals surface area contributed by atoms with Gasteiger partial charge >= 0.3 is 12.0 Å². The normalized spacial score (nSPS) is 9.94. The fourth-order valence-corrected chi connectivity index (χ4v) is 1.11. The standard InChI is InChI=1S/C9H15N5O3/c1-2-3-10-9(17)11-4-7-5-14(13-12-7)6-8(15)16/h5H,2-4,6H2,1H3,(H,15,16)(H2,10,11,17). The Bertz CT molecular complexity index is 390. The zero-order chi connectivity index (χ0) is 12.7. The predicted octanol–water partition coefficient (Wildman–Crippen LogP) is -0.428. The highest BCUT2D eigenvalue weighted by Crippen LogP contribution is 1.92. The molecule has 17 heavy (non-hydrogen) atoms. The molecule has 0 aromatic carbocycles. The van der Waals surface area contributed by atoms with Gasteiger partial charge in [-0.05, 0) is 6.42 Å². The summed E-state index contributed by atoms with van der Waals surface area (Å²) in [5.41, 5.74) is 0.512. The summed E-state index contributed by atoms with van der Waals surface area (Å²) in [6.07, 6.45) is 2.34. The number of hydrogen-bond acceptors (Lipinski definition) is 4. The van der Waals surface area contributed by atoms with E-state index < -0.39 is 5.97 Å². The summed E-state index contributed by atoms with van der Waals surface area (Å²) >= 11 is 0. The highest BCUT2D eigenvalue weighted by molar-refractivity contribution is 5.73. The Labute approximate surface area is 98.0 Å². The van der Waals surface area contributed by atoms with Gasteiger partial charge in [0.15, 0.2) is 0 Å². The third-order valence-electron chi connectivity index (χ3n) is 1.85. The van der Waals surface area contributed by atoms with E-state index in [-0.39, 0.29) is 19.1 Å². The molecule has 0 aliphatic heterocycles. The van der Waals surface area contributed by atoms with Crippen molar-refractivity contribution >= 4 is 12.0 Å². The van der Waals surface area contributed by atoms with Gasteiger partial charge in [0.2, 0.25) is 0 Å². The van der Waals surface area contributed by atoms with Crippen molar-refractivity contribution in [2.24, 2.45) is 0 Å². The molecule has 0 saturated heterocycles. The molecule has 8 nitrogen and oxygen atoms in total. The number of rotatable bonds is 6. The van der Waals surface area contributed by atoms with Crippen LogP contribution < -0.4 is 10.6 Å². The lowest BCUT2D eigenvalue weighted by molar-refractivity contribution is -0.137. The van der Waals surface area contributed by atoms with Crippen LogP contribution in [0.5, 0.6) is 0 Å². The van der Waals surface area contributed by atoms with Crippen LogP contribution in [0.4, 0.5) is 4.79 Å². The molecular formula is C9H15N5O3. The molecule has 0 bridgehead atoms. The van der Waals surface area contributed by atoms with Crippen LogP contribution in [0.2, 0.25) is 0 Å². The lowest BCUT2D eigenvalue weighted by Crippen LogP contribution is -2.35. The van der Waals surface area contributed by atoms with E-state index in [0.29, 0.717) is 12.2 Å². The molecular weight excluding hydrogens is 226 g/mol. The summed E-state index contributed by atoms with van der Waals surface area (Å²) in [5, 5.41) is 21.1. The molecule has 0 aliphatic rings. The van der Waals surface area contributed by atoms with Gasteiger partial charge in [0.05, 0.1) is 12.7 Å². The van der Waals surface area contributed by atoms with Crippen molar-refractivity contribution in [1.29, 1.82) is 0 Å². The van der Waals surface area contributed by atoms with E-state index in [1.54, 1.807) is 0 Å². The number of nitrogens with zero attached hydrogens (tertiary/aromatic N) is 3. The van der Waals surface area contributed by atoms with Crippen LogP contribution in [-0.2, 0) is 17.9 Å². The molecule has 0 spiro atoms. The van der Waals surface area contributed by atoms with Crippen molar-refractivity contribution in [1.82, 2.24) is 25.6 Å². The second kappa shape index (κ2) is 6.46. The van der Waals surface area contributed by atoms with E-state index >= 15 is 0 Å². The Hall–Kier alpha value is -2.12. The quantitative estimate of drug-likeness (QED) is 0.626. The summed E-state index contributed by atoms with van der Waals surface area (Å²) in [7, 11) is 0. The highest BCUT2D eigenvalue weighted by Gasteiger charge is 2.05. The van der Waals surface area contributed by atoms with Crippen LogP contribution in [0.25, 0.3) is 0 Å². The molecule has 0 aliphatic carbocycles. The van der Waals surface area contributed by atoms with Gasteiger partial charge in [0.1, 0.15) is 12.2 Å². The summed E-state index contributed by atoms with van der Waals surface area (Å²) in [6.45, 7) is 2.54. The molecule has 1 rings (SSSR count). The van der Waals surface area contributed by atoms with Crippen molar-refractivity contribution in [2.75, 3.05) is 6.54 Å². The number of aromatic nitrogens is 3. The Balaban J connectivity index is 2.34. The van der Waals surface area contributed by atoms with E-state index in [9.17, 15) is 9.59 Å². The van der Waals surface area contributed by atoms with Crippen molar-refractivity contribution in [2.45, 2.75) is 26.4 Å². The van der Waals surface area contributed by atoms with Gasteiger partial charge in [-0.1, -0.05) is 12.1 Å². The number of amides is 2. The molecule has 8 heteroatoms. The molecule has 94 valence electrons. The van der Waals surface area contributed by atoms with Crippen LogP contribution in [0.15, 0.2) is 6.20 Å². The maximum atomic E-state index is 11.2. The number of carbonyl (C=O) groups excluding carboxylic acids is 1. The second-order valence-corrected chi connectivity index (χ2v) is 3.41. The summed E-state index contributed by atoms with van der Waals surface area (Å²) in [5.74, 6) is -0.991. The van der Waals surface area contributed by atoms with Crippen LogP contribution >= 0.6 is 0 Å². The first-order chi connectivity index (χ1) is 8.11. The average molecular weight is 241 g/mol. The lowest BCUT2D eigenvalue weighted by atomic mass is 10.4. The second-order valence-electron chi connectivity index (χ2n) is 3.41. The molecule has 0 fully saturated rings. The minimum absolute atomic E-state index is 0.217. The lowest BCUT2D eigenvalue weighted by Gasteiger charge is -2.03. The third-order valence-corrected chi connectivity index (χ3v) is 1.85. The number of aliphatic carboxylic acids is 1. The zero-order valence-electron chi connectivity index (χ0n) is 9.51. The molecule has 0 unspecified atom stereocenters. The van der Waals surface area contributed by atoms with Crippen molar-refractivity contribution in [3.05, 3.63) is 11.9 Å². The zero-order valence-corrected chi connectivity index (χ0v) is 9.51. The van der Waals surface area contributed by atoms with Gasteiger partial charge in [-0.15, -0.1) is 5.10 Å². The van der Waals surface area contributed by atoms with Gasteiger partial charge in [-0.25, -0.2) is 9.48 Å². The minimum Gasteiger partial charge on any atom is -0.480 e. The number of nitrogens with one attached hydrogen (secondary N) is 2. The molecule has 1 aromatic rings. The maximum Gasteiger partial charge on any atom is 0.325 e. The first-order valence-electron chi connectivity index (χ1n) is 5.24. The smallest absolute Gasteiger partial charge is 0.325 e. The first kappa shape index (κ1) is 12.9. The maximum absolute atomic E-state index is 11.2. The summed E-state index contributed by atoms with van der Waals surface area (Å²) in [4.78, 5) is 21.6. The highest BCUT2D eigenvalue weighted by atomic mass is 16.4. The minimum atomic E-state index is -0.991. The van der Waals surface area contributed by atoms with Crippen LogP contribution in [0.3, 0.4) is 0 Å². The molecule has 2 amide bonds. The first-order valence-corrected chi connectivity index (χ1v) is 5.24. The number of hydrogen-bond donors (Lipinski definition) is 3. The Kier molecular flexibility index (Phi) is 4.92. The topological polar surface area (TPSA) is 109 Å². The molecule has 1 aromatic heterocycles. The van der Waals surface area contributed by atoms with E-state index in [1.165, 1.54) is 10.9 Å². The van der Waals surface area contributed by atoms with Crippen LogP contribution in [0, 0.1) is 0 Å². The number of carboxylic acid groups (broad SMARTS) is 1. The average Bonchev–Trinajstić information content (AvgIpc) is 2.70.